The highest BCUT2D eigenvalue weighted by atomic mass is 16.8. The summed E-state index contributed by atoms with van der Waals surface area (Å²) >= 11 is 0. The number of aliphatic hydroxyl groups is 1. The molecule has 1 heterocycles. The molecule has 2 aromatic carbocycles. The molecule has 0 aromatic heterocycles. The predicted octanol–water partition coefficient (Wildman–Crippen LogP) is 2.06. The lowest BCUT2D eigenvalue weighted by Crippen LogP contribution is -2.54. The van der Waals surface area contributed by atoms with Crippen LogP contribution < -0.4 is 14.8 Å². The maximum Gasteiger partial charge on any atom is 0.453 e. The SMILES string of the molecule is Cc1ccc(C)c(CC(O)CNC(C)Cc2ccc3c(c2)OC(C(=O)O)(C(=O)O)O3)c1. The van der Waals surface area contributed by atoms with Gasteiger partial charge in [-0.2, -0.15) is 0 Å². The zero-order chi connectivity index (χ0) is 22.8. The van der Waals surface area contributed by atoms with E-state index in [1.165, 1.54) is 6.07 Å². The van der Waals surface area contributed by atoms with Gasteiger partial charge < -0.3 is 30.1 Å². The van der Waals surface area contributed by atoms with E-state index in [0.29, 0.717) is 19.4 Å². The normalized spacial score (nSPS) is 16.0. The van der Waals surface area contributed by atoms with Crippen LogP contribution in [0.2, 0.25) is 0 Å². The van der Waals surface area contributed by atoms with E-state index >= 15 is 0 Å². The van der Waals surface area contributed by atoms with Gasteiger partial charge >= 0.3 is 17.7 Å². The highest BCUT2D eigenvalue weighted by Crippen LogP contribution is 2.40. The summed E-state index contributed by atoms with van der Waals surface area (Å²) in [5, 5.41) is 32.1. The van der Waals surface area contributed by atoms with Gasteiger partial charge in [0.25, 0.3) is 0 Å². The lowest BCUT2D eigenvalue weighted by molar-refractivity contribution is -0.194. The van der Waals surface area contributed by atoms with Gasteiger partial charge in [0.15, 0.2) is 11.5 Å². The molecule has 2 atom stereocenters. The van der Waals surface area contributed by atoms with Gasteiger partial charge in [-0.1, -0.05) is 29.8 Å². The zero-order valence-corrected chi connectivity index (χ0v) is 17.7. The Morgan fingerprint density at radius 1 is 1.00 bits per heavy atom. The Kier molecular flexibility index (Phi) is 6.52. The lowest BCUT2D eigenvalue weighted by Gasteiger charge is -2.18. The van der Waals surface area contributed by atoms with Crippen molar-refractivity contribution in [3.8, 4) is 11.5 Å². The van der Waals surface area contributed by atoms with Crippen molar-refractivity contribution in [1.29, 1.82) is 0 Å². The molecular weight excluding hydrogens is 402 g/mol. The number of aliphatic carboxylic acids is 2. The first-order chi connectivity index (χ1) is 14.6. The van der Waals surface area contributed by atoms with Crippen molar-refractivity contribution in [2.45, 2.75) is 51.5 Å². The molecule has 31 heavy (non-hydrogen) atoms. The third-order valence-electron chi connectivity index (χ3n) is 5.28. The number of carboxylic acids is 2. The second-order valence-corrected chi connectivity index (χ2v) is 8.01. The Balaban J connectivity index is 1.56. The van der Waals surface area contributed by atoms with Gasteiger partial charge in [0.1, 0.15) is 0 Å². The van der Waals surface area contributed by atoms with Crippen LogP contribution in [0.25, 0.3) is 0 Å². The lowest BCUT2D eigenvalue weighted by atomic mass is 10.00. The van der Waals surface area contributed by atoms with Crippen LogP contribution in [-0.2, 0) is 22.4 Å². The Labute approximate surface area is 180 Å². The molecule has 3 rings (SSSR count). The fourth-order valence-electron chi connectivity index (χ4n) is 3.55. The smallest absolute Gasteiger partial charge is 0.453 e. The number of carbonyl (C=O) groups is 2. The molecule has 2 aromatic rings. The quantitative estimate of drug-likeness (QED) is 0.447. The second-order valence-electron chi connectivity index (χ2n) is 8.01. The summed E-state index contributed by atoms with van der Waals surface area (Å²) in [6, 6.07) is 11.0. The van der Waals surface area contributed by atoms with E-state index < -0.39 is 23.8 Å². The van der Waals surface area contributed by atoms with Crippen molar-refractivity contribution in [3.05, 3.63) is 58.7 Å². The minimum Gasteiger partial charge on any atom is -0.475 e. The van der Waals surface area contributed by atoms with Gasteiger partial charge in [-0.15, -0.1) is 0 Å². The van der Waals surface area contributed by atoms with Crippen LogP contribution in [0.5, 0.6) is 11.5 Å². The van der Waals surface area contributed by atoms with Crippen molar-refractivity contribution in [1.82, 2.24) is 5.32 Å². The topological polar surface area (TPSA) is 125 Å². The number of benzene rings is 2. The summed E-state index contributed by atoms with van der Waals surface area (Å²) in [5.74, 6) is -6.08. The standard InChI is InChI=1S/C23H27NO7/c1-13-4-5-14(2)17(8-13)11-18(25)12-24-15(3)9-16-6-7-19-20(10-16)31-23(30-19,21(26)27)22(28)29/h4-8,10,15,18,24-25H,9,11-12H2,1-3H3,(H,26,27)(H,28,29). The van der Waals surface area contributed by atoms with E-state index in [4.69, 9.17) is 9.47 Å². The molecule has 0 saturated carbocycles. The third-order valence-corrected chi connectivity index (χ3v) is 5.28. The summed E-state index contributed by atoms with van der Waals surface area (Å²) in [7, 11) is 0. The molecule has 8 heteroatoms. The van der Waals surface area contributed by atoms with Crippen molar-refractivity contribution in [2.75, 3.05) is 6.54 Å². The first-order valence-electron chi connectivity index (χ1n) is 10.1. The number of hydrogen-bond donors (Lipinski definition) is 4. The molecule has 4 N–H and O–H groups in total. The van der Waals surface area contributed by atoms with E-state index in [-0.39, 0.29) is 17.5 Å². The molecule has 0 spiro atoms. The number of ether oxygens (including phenoxy) is 2. The summed E-state index contributed by atoms with van der Waals surface area (Å²) < 4.78 is 10.2. The number of hydrogen-bond acceptors (Lipinski definition) is 6. The minimum absolute atomic E-state index is 0.0114. The van der Waals surface area contributed by atoms with Crippen LogP contribution in [0.15, 0.2) is 36.4 Å². The zero-order valence-electron chi connectivity index (χ0n) is 17.7. The van der Waals surface area contributed by atoms with Crippen molar-refractivity contribution in [2.24, 2.45) is 0 Å². The number of rotatable bonds is 9. The van der Waals surface area contributed by atoms with Gasteiger partial charge in [-0.3, -0.25) is 0 Å². The fraction of sp³-hybridized carbons (Fsp3) is 0.391. The molecule has 0 fully saturated rings. The summed E-state index contributed by atoms with van der Waals surface area (Å²) in [6.45, 7) is 6.44. The van der Waals surface area contributed by atoms with E-state index in [2.05, 4.69) is 17.4 Å². The van der Waals surface area contributed by atoms with E-state index in [1.807, 2.05) is 26.8 Å². The molecule has 0 radical (unpaired) electrons. The molecular formula is C23H27NO7. The number of fused-ring (bicyclic) bond motifs is 1. The molecule has 0 amide bonds. The van der Waals surface area contributed by atoms with Crippen molar-refractivity contribution >= 4 is 11.9 Å². The van der Waals surface area contributed by atoms with Gasteiger partial charge in [0.2, 0.25) is 0 Å². The monoisotopic (exact) mass is 429 g/mol. The molecule has 1 aliphatic heterocycles. The number of carboxylic acid groups (broad SMARTS) is 2. The Bertz CT molecular complexity index is 974. The van der Waals surface area contributed by atoms with Crippen LogP contribution in [0.3, 0.4) is 0 Å². The summed E-state index contributed by atoms with van der Waals surface area (Å²) in [6.07, 6.45) is 0.593. The van der Waals surface area contributed by atoms with Crippen LogP contribution in [0.4, 0.5) is 0 Å². The Morgan fingerprint density at radius 3 is 2.35 bits per heavy atom. The highest BCUT2D eigenvalue weighted by Gasteiger charge is 2.57. The maximum absolute atomic E-state index is 11.4. The molecule has 0 aliphatic carbocycles. The Morgan fingerprint density at radius 2 is 1.68 bits per heavy atom. The van der Waals surface area contributed by atoms with Gasteiger partial charge in [0.05, 0.1) is 6.10 Å². The van der Waals surface area contributed by atoms with Crippen LogP contribution in [-0.4, -0.2) is 51.7 Å². The fourth-order valence-corrected chi connectivity index (χ4v) is 3.55. The first-order valence-corrected chi connectivity index (χ1v) is 10.1. The molecule has 0 saturated heterocycles. The number of nitrogens with one attached hydrogen (secondary N) is 1. The van der Waals surface area contributed by atoms with Gasteiger partial charge in [-0.25, -0.2) is 9.59 Å². The van der Waals surface area contributed by atoms with Gasteiger partial charge in [-0.05, 0) is 62.4 Å². The van der Waals surface area contributed by atoms with E-state index in [0.717, 1.165) is 22.3 Å². The minimum atomic E-state index is -2.76. The van der Waals surface area contributed by atoms with E-state index in [1.54, 1.807) is 12.1 Å². The number of aryl methyl sites for hydroxylation is 2. The highest BCUT2D eigenvalue weighted by molar-refractivity contribution is 6.01. The molecule has 2 unspecified atom stereocenters. The van der Waals surface area contributed by atoms with E-state index in [9.17, 15) is 24.9 Å². The summed E-state index contributed by atoms with van der Waals surface area (Å²) in [4.78, 5) is 22.7. The Hall–Kier alpha value is -3.10. The molecule has 1 aliphatic rings. The van der Waals surface area contributed by atoms with Crippen LogP contribution in [0.1, 0.15) is 29.2 Å². The average Bonchev–Trinajstić information content (AvgIpc) is 3.10. The average molecular weight is 429 g/mol. The largest absolute Gasteiger partial charge is 0.475 e. The third kappa shape index (κ3) is 4.98. The van der Waals surface area contributed by atoms with Crippen LogP contribution >= 0.6 is 0 Å². The molecule has 8 nitrogen and oxygen atoms in total. The predicted molar refractivity (Wildman–Crippen MR) is 112 cm³/mol. The first kappa shape index (κ1) is 22.6. The van der Waals surface area contributed by atoms with Crippen molar-refractivity contribution in [3.63, 3.8) is 0 Å². The van der Waals surface area contributed by atoms with Gasteiger partial charge in [0, 0.05) is 12.6 Å². The second kappa shape index (κ2) is 8.95. The molecule has 166 valence electrons. The number of aliphatic hydroxyl groups excluding tert-OH is 1. The van der Waals surface area contributed by atoms with Crippen LogP contribution in [0, 0.1) is 13.8 Å². The summed E-state index contributed by atoms with van der Waals surface area (Å²) in [5.41, 5.74) is 4.25. The molecule has 0 bridgehead atoms. The van der Waals surface area contributed by atoms with Crippen molar-refractivity contribution < 1.29 is 34.4 Å². The maximum atomic E-state index is 11.4.